The van der Waals surface area contributed by atoms with Crippen molar-refractivity contribution in [3.8, 4) is 5.75 Å². The van der Waals surface area contributed by atoms with Crippen LogP contribution in [0.5, 0.6) is 5.75 Å². The number of aryl methyl sites for hydroxylation is 1. The van der Waals surface area contributed by atoms with Gasteiger partial charge in [0.05, 0.1) is 23.6 Å². The van der Waals surface area contributed by atoms with E-state index in [2.05, 4.69) is 10.3 Å². The summed E-state index contributed by atoms with van der Waals surface area (Å²) >= 11 is 0. The van der Waals surface area contributed by atoms with E-state index in [1.54, 1.807) is 40.9 Å². The number of hydrogen-bond acceptors (Lipinski definition) is 4. The molecule has 3 aromatic rings. The molecule has 2 N–H and O–H groups in total. The van der Waals surface area contributed by atoms with E-state index in [-0.39, 0.29) is 11.3 Å². The van der Waals surface area contributed by atoms with Crippen LogP contribution < -0.4 is 10.1 Å². The van der Waals surface area contributed by atoms with Crippen LogP contribution in [-0.2, 0) is 6.42 Å². The number of carboxylic acid groups (broad SMARTS) is 1. The molecule has 0 fully saturated rings. The van der Waals surface area contributed by atoms with Crippen LogP contribution in [0.1, 0.15) is 40.4 Å². The van der Waals surface area contributed by atoms with E-state index in [4.69, 9.17) is 4.74 Å². The van der Waals surface area contributed by atoms with Gasteiger partial charge in [-0.2, -0.15) is 0 Å². The first kappa shape index (κ1) is 17.5. The van der Waals surface area contributed by atoms with Crippen molar-refractivity contribution in [2.24, 2.45) is 0 Å². The maximum Gasteiger partial charge on any atom is 0.337 e. The summed E-state index contributed by atoms with van der Waals surface area (Å²) in [6.45, 7) is 4.27. The molecule has 2 heterocycles. The molecule has 26 heavy (non-hydrogen) atoms. The molecule has 0 aliphatic heterocycles. The van der Waals surface area contributed by atoms with Crippen LogP contribution in [0.2, 0.25) is 0 Å². The summed E-state index contributed by atoms with van der Waals surface area (Å²) in [7, 11) is 0. The Balaban J connectivity index is 2.06. The number of amides is 1. The van der Waals surface area contributed by atoms with Crippen molar-refractivity contribution >= 4 is 23.2 Å². The fourth-order valence-electron chi connectivity index (χ4n) is 2.80. The van der Waals surface area contributed by atoms with Gasteiger partial charge in [0.15, 0.2) is 11.4 Å². The van der Waals surface area contributed by atoms with Gasteiger partial charge < -0.3 is 15.2 Å². The lowest BCUT2D eigenvalue weighted by molar-refractivity contribution is 0.0698. The molecule has 7 nitrogen and oxygen atoms in total. The van der Waals surface area contributed by atoms with E-state index in [0.29, 0.717) is 35.8 Å². The first-order valence-corrected chi connectivity index (χ1v) is 8.33. The number of carbonyl (C=O) groups is 2. The zero-order valence-electron chi connectivity index (χ0n) is 14.5. The lowest BCUT2D eigenvalue weighted by atomic mass is 10.1. The molecule has 7 heteroatoms. The molecule has 1 aromatic carbocycles. The van der Waals surface area contributed by atoms with E-state index in [1.807, 2.05) is 13.8 Å². The van der Waals surface area contributed by atoms with Crippen molar-refractivity contribution in [3.05, 3.63) is 59.5 Å². The van der Waals surface area contributed by atoms with Crippen molar-refractivity contribution in [2.45, 2.75) is 20.3 Å². The number of imidazole rings is 1. The zero-order chi connectivity index (χ0) is 18.7. The molecule has 0 atom stereocenters. The summed E-state index contributed by atoms with van der Waals surface area (Å²) in [4.78, 5) is 28.8. The molecule has 3 rings (SSSR count). The first-order chi connectivity index (χ1) is 12.6. The summed E-state index contributed by atoms with van der Waals surface area (Å²) in [5.41, 5.74) is 1.81. The lowest BCUT2D eigenvalue weighted by Crippen LogP contribution is -2.18. The number of rotatable bonds is 6. The second-order valence-corrected chi connectivity index (χ2v) is 5.56. The van der Waals surface area contributed by atoms with Gasteiger partial charge in [0.25, 0.3) is 5.91 Å². The van der Waals surface area contributed by atoms with Gasteiger partial charge in [0.1, 0.15) is 5.69 Å². The first-order valence-electron chi connectivity index (χ1n) is 8.33. The van der Waals surface area contributed by atoms with Crippen LogP contribution in [0.15, 0.2) is 42.6 Å². The highest BCUT2D eigenvalue weighted by atomic mass is 16.5. The second-order valence-electron chi connectivity index (χ2n) is 5.56. The third-order valence-electron chi connectivity index (χ3n) is 3.94. The summed E-state index contributed by atoms with van der Waals surface area (Å²) in [6.07, 6.45) is 2.29. The molecule has 2 aromatic heterocycles. The minimum Gasteiger partial charge on any atom is -0.490 e. The number of nitrogens with zero attached hydrogens (tertiary/aromatic N) is 2. The molecule has 0 bridgehead atoms. The molecule has 1 amide bonds. The van der Waals surface area contributed by atoms with Crippen LogP contribution in [0, 0.1) is 0 Å². The normalized spacial score (nSPS) is 10.7. The topological polar surface area (TPSA) is 92.9 Å². The smallest absolute Gasteiger partial charge is 0.337 e. The number of anilines is 1. The predicted molar refractivity (Wildman–Crippen MR) is 97.1 cm³/mol. The summed E-state index contributed by atoms with van der Waals surface area (Å²) in [6, 6.07) is 9.86. The van der Waals surface area contributed by atoms with Gasteiger partial charge in [0, 0.05) is 6.20 Å². The van der Waals surface area contributed by atoms with Gasteiger partial charge in [-0.15, -0.1) is 0 Å². The van der Waals surface area contributed by atoms with Gasteiger partial charge in [-0.05, 0) is 37.6 Å². The third kappa shape index (κ3) is 3.11. The average Bonchev–Trinajstić information content (AvgIpc) is 3.02. The van der Waals surface area contributed by atoms with E-state index in [9.17, 15) is 14.7 Å². The number of hydrogen-bond donors (Lipinski definition) is 2. The molecule has 0 aliphatic carbocycles. The number of benzene rings is 1. The molecule has 0 radical (unpaired) electrons. The fraction of sp³-hybridized carbons (Fsp3) is 0.211. The Bertz CT molecular complexity index is 978. The maximum atomic E-state index is 12.9. The molecule has 0 aliphatic rings. The van der Waals surface area contributed by atoms with Gasteiger partial charge in [-0.1, -0.05) is 19.1 Å². The molecular weight excluding hydrogens is 334 g/mol. The van der Waals surface area contributed by atoms with Crippen molar-refractivity contribution < 1.29 is 19.4 Å². The van der Waals surface area contributed by atoms with Gasteiger partial charge in [0.2, 0.25) is 0 Å². The van der Waals surface area contributed by atoms with E-state index < -0.39 is 11.9 Å². The number of para-hydroxylation sites is 1. The monoisotopic (exact) mass is 353 g/mol. The largest absolute Gasteiger partial charge is 0.490 e. The molecule has 0 saturated heterocycles. The van der Waals surface area contributed by atoms with Crippen molar-refractivity contribution in [2.75, 3.05) is 11.9 Å². The van der Waals surface area contributed by atoms with Crippen molar-refractivity contribution in [3.63, 3.8) is 0 Å². The number of aromatic nitrogens is 2. The molecule has 0 unspecified atom stereocenters. The minimum atomic E-state index is -1.10. The van der Waals surface area contributed by atoms with Gasteiger partial charge in [-0.25, -0.2) is 9.78 Å². The number of aromatic carboxylic acids is 1. The lowest BCUT2D eigenvalue weighted by Gasteiger charge is -2.09. The summed E-state index contributed by atoms with van der Waals surface area (Å²) < 4.78 is 7.26. The second kappa shape index (κ2) is 7.26. The van der Waals surface area contributed by atoms with Crippen LogP contribution in [-0.4, -0.2) is 33.0 Å². The fourth-order valence-corrected chi connectivity index (χ4v) is 2.80. The Morgan fingerprint density at radius 3 is 2.65 bits per heavy atom. The maximum absolute atomic E-state index is 12.9. The standard InChI is InChI=1S/C19H19N3O4/c1-3-13-16(22-11-7-10-15(26-4-2)17(22)20-13)18(23)21-14-9-6-5-8-12(14)19(24)25/h5-11H,3-4H2,1-2H3,(H,21,23)(H,24,25). The highest BCUT2D eigenvalue weighted by Gasteiger charge is 2.21. The highest BCUT2D eigenvalue weighted by molar-refractivity contribution is 6.08. The predicted octanol–water partition coefficient (Wildman–Crippen LogP) is 3.25. The third-order valence-corrected chi connectivity index (χ3v) is 3.94. The Morgan fingerprint density at radius 1 is 1.19 bits per heavy atom. The van der Waals surface area contributed by atoms with E-state index in [1.165, 1.54) is 6.07 Å². The Labute approximate surface area is 150 Å². The minimum absolute atomic E-state index is 0.0303. The number of ether oxygens (including phenoxy) is 1. The molecule has 0 saturated carbocycles. The van der Waals surface area contributed by atoms with Crippen molar-refractivity contribution in [1.82, 2.24) is 9.38 Å². The Kier molecular flexibility index (Phi) is 4.88. The number of nitrogens with one attached hydrogen (secondary N) is 1. The van der Waals surface area contributed by atoms with E-state index >= 15 is 0 Å². The average molecular weight is 353 g/mol. The van der Waals surface area contributed by atoms with Crippen LogP contribution in [0.25, 0.3) is 5.65 Å². The molecule has 0 spiro atoms. The number of fused-ring (bicyclic) bond motifs is 1. The van der Waals surface area contributed by atoms with Gasteiger partial charge >= 0.3 is 5.97 Å². The highest BCUT2D eigenvalue weighted by Crippen LogP contribution is 2.24. The SMILES string of the molecule is CCOc1cccn2c(C(=O)Nc3ccccc3C(=O)O)c(CC)nc12. The summed E-state index contributed by atoms with van der Waals surface area (Å²) in [5.74, 6) is -0.931. The Hall–Kier alpha value is -3.35. The molecular formula is C19H19N3O4. The Morgan fingerprint density at radius 2 is 1.96 bits per heavy atom. The number of carboxylic acids is 1. The van der Waals surface area contributed by atoms with Crippen LogP contribution >= 0.6 is 0 Å². The summed E-state index contributed by atoms with van der Waals surface area (Å²) in [5, 5.41) is 12.0. The number of carbonyl (C=O) groups excluding carboxylic acids is 1. The van der Waals surface area contributed by atoms with Crippen molar-refractivity contribution in [1.29, 1.82) is 0 Å². The van der Waals surface area contributed by atoms with Crippen LogP contribution in [0.4, 0.5) is 5.69 Å². The molecule has 134 valence electrons. The van der Waals surface area contributed by atoms with E-state index in [0.717, 1.165) is 0 Å². The van der Waals surface area contributed by atoms with Crippen LogP contribution in [0.3, 0.4) is 0 Å². The van der Waals surface area contributed by atoms with Gasteiger partial charge in [-0.3, -0.25) is 9.20 Å². The number of pyridine rings is 1. The quantitative estimate of drug-likeness (QED) is 0.710. The zero-order valence-corrected chi connectivity index (χ0v) is 14.5.